The summed E-state index contributed by atoms with van der Waals surface area (Å²) in [5.74, 6) is 0.126. The van der Waals surface area contributed by atoms with E-state index in [4.69, 9.17) is 9.84 Å². The highest BCUT2D eigenvalue weighted by Crippen LogP contribution is 2.14. The molecule has 21 heavy (non-hydrogen) atoms. The maximum Gasteiger partial charge on any atom is 0.339 e. The summed E-state index contributed by atoms with van der Waals surface area (Å²) in [6.45, 7) is 2.19. The van der Waals surface area contributed by atoms with Gasteiger partial charge >= 0.3 is 5.97 Å². The van der Waals surface area contributed by atoms with Gasteiger partial charge in [0, 0.05) is 6.20 Å². The average Bonchev–Trinajstić information content (AvgIpc) is 2.89. The van der Waals surface area contributed by atoms with E-state index < -0.39 is 5.97 Å². The number of nitrogens with zero attached hydrogens (tertiary/aromatic N) is 3. The minimum atomic E-state index is -1.03. The third-order valence-corrected chi connectivity index (χ3v) is 3.03. The van der Waals surface area contributed by atoms with Gasteiger partial charge in [0.25, 0.3) is 0 Å². The smallest absolute Gasteiger partial charge is 0.339 e. The van der Waals surface area contributed by atoms with Gasteiger partial charge in [-0.1, -0.05) is 17.7 Å². The molecule has 6 heteroatoms. The summed E-state index contributed by atoms with van der Waals surface area (Å²) in [6.07, 6.45) is 1.66. The fraction of sp³-hybridized carbons (Fsp3) is 0.133. The Morgan fingerprint density at radius 1 is 1.29 bits per heavy atom. The molecule has 2 heterocycles. The predicted octanol–water partition coefficient (Wildman–Crippen LogP) is 2.31. The first-order valence-corrected chi connectivity index (χ1v) is 6.40. The lowest BCUT2D eigenvalue weighted by atomic mass is 10.2. The zero-order valence-corrected chi connectivity index (χ0v) is 11.4. The highest BCUT2D eigenvalue weighted by atomic mass is 16.5. The zero-order chi connectivity index (χ0) is 14.8. The Bertz CT molecular complexity index is 794. The summed E-state index contributed by atoms with van der Waals surface area (Å²) in [6, 6.07) is 10.8. The van der Waals surface area contributed by atoms with Crippen LogP contribution in [0.1, 0.15) is 21.7 Å². The molecule has 0 radical (unpaired) electrons. The van der Waals surface area contributed by atoms with Gasteiger partial charge in [0.05, 0.1) is 0 Å². The second-order valence-electron chi connectivity index (χ2n) is 4.62. The molecule has 0 aliphatic heterocycles. The molecule has 3 aromatic rings. The second-order valence-corrected chi connectivity index (χ2v) is 4.62. The molecule has 0 unspecified atom stereocenters. The first kappa shape index (κ1) is 13.1. The average molecular weight is 283 g/mol. The van der Waals surface area contributed by atoms with Crippen molar-refractivity contribution in [2.45, 2.75) is 13.5 Å². The maximum atomic E-state index is 11.1. The van der Waals surface area contributed by atoms with Crippen molar-refractivity contribution < 1.29 is 14.6 Å². The summed E-state index contributed by atoms with van der Waals surface area (Å²) < 4.78 is 7.03. The molecule has 0 saturated heterocycles. The van der Waals surface area contributed by atoms with Crippen molar-refractivity contribution in [2.75, 3.05) is 0 Å². The molecular weight excluding hydrogens is 270 g/mol. The Hall–Kier alpha value is -2.89. The van der Waals surface area contributed by atoms with Crippen molar-refractivity contribution in [3.8, 4) is 5.75 Å². The fourth-order valence-corrected chi connectivity index (χ4v) is 1.96. The molecular formula is C15H13N3O3. The number of fused-ring (bicyclic) bond motifs is 1. The maximum absolute atomic E-state index is 11.1. The van der Waals surface area contributed by atoms with Crippen molar-refractivity contribution in [2.24, 2.45) is 0 Å². The van der Waals surface area contributed by atoms with Gasteiger partial charge in [0.2, 0.25) is 0 Å². The molecule has 1 aromatic carbocycles. The number of aromatic carboxylic acids is 1. The van der Waals surface area contributed by atoms with Crippen molar-refractivity contribution >= 4 is 11.6 Å². The molecule has 1 N–H and O–H groups in total. The molecule has 2 aromatic heterocycles. The van der Waals surface area contributed by atoms with Crippen LogP contribution in [-0.2, 0) is 6.61 Å². The van der Waals surface area contributed by atoms with Crippen LogP contribution in [0.2, 0.25) is 0 Å². The fourth-order valence-electron chi connectivity index (χ4n) is 1.96. The van der Waals surface area contributed by atoms with Crippen LogP contribution in [0.3, 0.4) is 0 Å². The van der Waals surface area contributed by atoms with E-state index in [-0.39, 0.29) is 12.2 Å². The topological polar surface area (TPSA) is 76.7 Å². The molecule has 0 atom stereocenters. The van der Waals surface area contributed by atoms with Gasteiger partial charge in [-0.2, -0.15) is 0 Å². The number of hydrogen-bond acceptors (Lipinski definition) is 4. The highest BCUT2D eigenvalue weighted by molar-refractivity contribution is 5.94. The monoisotopic (exact) mass is 283 g/mol. The third-order valence-electron chi connectivity index (χ3n) is 3.03. The molecule has 3 rings (SSSR count). The largest absolute Gasteiger partial charge is 0.486 e. The lowest BCUT2D eigenvalue weighted by molar-refractivity contribution is 0.0698. The number of aromatic nitrogens is 3. The van der Waals surface area contributed by atoms with Crippen LogP contribution in [0.5, 0.6) is 5.75 Å². The van der Waals surface area contributed by atoms with E-state index in [1.165, 1.54) is 10.6 Å². The van der Waals surface area contributed by atoms with Gasteiger partial charge in [-0.3, -0.25) is 0 Å². The van der Waals surface area contributed by atoms with Crippen LogP contribution in [0.25, 0.3) is 5.65 Å². The van der Waals surface area contributed by atoms with E-state index in [9.17, 15) is 4.79 Å². The Morgan fingerprint density at radius 2 is 2.05 bits per heavy atom. The van der Waals surface area contributed by atoms with Crippen LogP contribution in [0.4, 0.5) is 0 Å². The SMILES string of the molecule is Cc1ccc(OCc2nc3c(C(=O)O)cccn3n2)cc1. The predicted molar refractivity (Wildman–Crippen MR) is 75.5 cm³/mol. The molecule has 0 spiro atoms. The van der Waals surface area contributed by atoms with E-state index in [2.05, 4.69) is 10.1 Å². The lowest BCUT2D eigenvalue weighted by Gasteiger charge is -2.03. The number of rotatable bonds is 4. The van der Waals surface area contributed by atoms with E-state index >= 15 is 0 Å². The number of ether oxygens (including phenoxy) is 1. The summed E-state index contributed by atoms with van der Waals surface area (Å²) >= 11 is 0. The minimum Gasteiger partial charge on any atom is -0.486 e. The van der Waals surface area contributed by atoms with Crippen LogP contribution < -0.4 is 4.74 Å². The number of pyridine rings is 1. The van der Waals surface area contributed by atoms with Crippen molar-refractivity contribution in [1.29, 1.82) is 0 Å². The number of aryl methyl sites for hydroxylation is 1. The van der Waals surface area contributed by atoms with Gasteiger partial charge < -0.3 is 9.84 Å². The molecule has 106 valence electrons. The molecule has 0 aliphatic carbocycles. The zero-order valence-electron chi connectivity index (χ0n) is 11.4. The number of carbonyl (C=O) groups is 1. The third kappa shape index (κ3) is 2.69. The van der Waals surface area contributed by atoms with Crippen molar-refractivity contribution in [1.82, 2.24) is 14.6 Å². The molecule has 0 saturated carbocycles. The number of hydrogen-bond donors (Lipinski definition) is 1. The molecule has 0 bridgehead atoms. The van der Waals surface area contributed by atoms with E-state index in [1.54, 1.807) is 12.3 Å². The Kier molecular flexibility index (Phi) is 3.27. The second kappa shape index (κ2) is 5.24. The van der Waals surface area contributed by atoms with Crippen LogP contribution in [0.15, 0.2) is 42.6 Å². The molecule has 6 nitrogen and oxygen atoms in total. The summed E-state index contributed by atoms with van der Waals surface area (Å²) in [5, 5.41) is 13.3. The number of carboxylic acid groups (broad SMARTS) is 1. The summed E-state index contributed by atoms with van der Waals surface area (Å²) in [7, 11) is 0. The van der Waals surface area contributed by atoms with E-state index in [1.807, 2.05) is 31.2 Å². The Labute approximate surface area is 120 Å². The van der Waals surface area contributed by atoms with Gasteiger partial charge in [0.1, 0.15) is 17.9 Å². The first-order valence-electron chi connectivity index (χ1n) is 6.40. The number of benzene rings is 1. The molecule has 0 fully saturated rings. The Morgan fingerprint density at radius 3 is 2.76 bits per heavy atom. The van der Waals surface area contributed by atoms with Gasteiger partial charge in [-0.25, -0.2) is 14.3 Å². The number of carboxylic acids is 1. The lowest BCUT2D eigenvalue weighted by Crippen LogP contribution is -2.00. The molecule has 0 amide bonds. The van der Waals surface area contributed by atoms with Gasteiger partial charge in [0.15, 0.2) is 11.5 Å². The first-order chi connectivity index (χ1) is 10.1. The van der Waals surface area contributed by atoms with E-state index in [0.717, 1.165) is 11.3 Å². The quantitative estimate of drug-likeness (QED) is 0.795. The van der Waals surface area contributed by atoms with E-state index in [0.29, 0.717) is 11.5 Å². The standard InChI is InChI=1S/C15H13N3O3/c1-10-4-6-11(7-5-10)21-9-13-16-14-12(15(19)20)3-2-8-18(14)17-13/h2-8H,9H2,1H3,(H,19,20). The van der Waals surface area contributed by atoms with Crippen LogP contribution in [0, 0.1) is 6.92 Å². The van der Waals surface area contributed by atoms with Crippen molar-refractivity contribution in [3.63, 3.8) is 0 Å². The highest BCUT2D eigenvalue weighted by Gasteiger charge is 2.13. The summed E-state index contributed by atoms with van der Waals surface area (Å²) in [4.78, 5) is 15.3. The van der Waals surface area contributed by atoms with Crippen molar-refractivity contribution in [3.05, 3.63) is 59.5 Å². The van der Waals surface area contributed by atoms with Gasteiger partial charge in [-0.15, -0.1) is 5.10 Å². The van der Waals surface area contributed by atoms with Gasteiger partial charge in [-0.05, 0) is 31.2 Å². The Balaban J connectivity index is 1.83. The molecule has 0 aliphatic rings. The normalized spacial score (nSPS) is 10.7. The van der Waals surface area contributed by atoms with Crippen LogP contribution >= 0.6 is 0 Å². The van der Waals surface area contributed by atoms with Crippen LogP contribution in [-0.4, -0.2) is 25.7 Å². The summed E-state index contributed by atoms with van der Waals surface area (Å²) in [5.41, 5.74) is 1.58. The minimum absolute atomic E-state index is 0.117.